The molecule has 8 aromatic rings. The number of benzene rings is 4. The van der Waals surface area contributed by atoms with Crippen molar-refractivity contribution in [3.8, 4) is 33.9 Å². The number of anilines is 1. The van der Waals surface area contributed by atoms with Crippen LogP contribution in [0, 0.1) is 25.7 Å². The van der Waals surface area contributed by atoms with Crippen molar-refractivity contribution in [3.05, 3.63) is 147 Å². The van der Waals surface area contributed by atoms with Crippen LogP contribution in [0.15, 0.2) is 131 Å². The summed E-state index contributed by atoms with van der Waals surface area (Å²) < 4.78 is 50.5. The predicted octanol–water partition coefficient (Wildman–Crippen LogP) is 13.3. The lowest BCUT2D eigenvalue weighted by atomic mass is 9.94. The lowest BCUT2D eigenvalue weighted by molar-refractivity contribution is 0.0161. The monoisotopic (exact) mass is 1310 g/mol. The molecular weight excluding hydrogens is 1250 g/mol. The van der Waals surface area contributed by atoms with E-state index in [4.69, 9.17) is 48.6 Å². The lowest BCUT2D eigenvalue weighted by Gasteiger charge is -2.38. The van der Waals surface area contributed by atoms with E-state index in [0.29, 0.717) is 37.4 Å². The average Bonchev–Trinajstić information content (AvgIpc) is 4.11. The first-order chi connectivity index (χ1) is 39.3. The maximum absolute atomic E-state index is 12.7. The molecule has 6 heterocycles. The highest BCUT2D eigenvalue weighted by molar-refractivity contribution is 9.10. The second-order valence-corrected chi connectivity index (χ2v) is 24.6. The van der Waals surface area contributed by atoms with Crippen molar-refractivity contribution >= 4 is 107 Å². The number of hydrogen-bond donors (Lipinski definition) is 2. The van der Waals surface area contributed by atoms with Gasteiger partial charge in [0.2, 0.25) is 11.2 Å². The van der Waals surface area contributed by atoms with E-state index >= 15 is 0 Å². The number of aryl methyl sites for hydroxylation is 2. The number of carbonyl (C=O) groups excluding carboxylic acids is 2. The Hall–Kier alpha value is -6.69. The van der Waals surface area contributed by atoms with Crippen molar-refractivity contribution in [1.29, 1.82) is 0 Å². The minimum Gasteiger partial charge on any atom is -0.444 e. The van der Waals surface area contributed by atoms with Gasteiger partial charge in [0.15, 0.2) is 0 Å². The molecule has 2 fully saturated rings. The third kappa shape index (κ3) is 18.2. The van der Waals surface area contributed by atoms with Crippen LogP contribution < -0.4 is 11.1 Å². The van der Waals surface area contributed by atoms with Gasteiger partial charge >= 0.3 is 35.3 Å². The maximum atomic E-state index is 12.7. The molecule has 2 aliphatic rings. The summed E-state index contributed by atoms with van der Waals surface area (Å²) >= 11 is 11.7. The number of aromatic nitrogens is 6. The van der Waals surface area contributed by atoms with Gasteiger partial charge in [-0.25, -0.2) is 29.5 Å². The van der Waals surface area contributed by atoms with Crippen LogP contribution in [0.25, 0.3) is 55.7 Å². The third-order valence-electron chi connectivity index (χ3n) is 13.6. The molecular formula is C60H69Br2ClN10O8S2. The molecule has 23 heteroatoms. The maximum Gasteiger partial charge on any atom is 0.410 e. The van der Waals surface area contributed by atoms with Crippen LogP contribution in [-0.2, 0) is 32.6 Å². The fourth-order valence-electron chi connectivity index (χ4n) is 9.37. The van der Waals surface area contributed by atoms with Gasteiger partial charge in [-0.1, -0.05) is 94.2 Å². The van der Waals surface area contributed by atoms with Crippen molar-refractivity contribution in [3.63, 3.8) is 0 Å². The summed E-state index contributed by atoms with van der Waals surface area (Å²) in [6, 6.07) is 33.3. The number of nitrogens with two attached hydrogens (primary N) is 1. The number of amides is 2. The molecule has 18 nitrogen and oxygen atoms in total. The SMILES string of the molecule is C[C@H]1CCN(C(=O)OC(C)(C)C)C[C@H]1N.Cc1cnc(Cl)nc1-c1cn(-c2ccccc2)c2cc(Br)ccc12.Cc1cnc(N[C@@H]2CN(C(=O)OC(C)(C)C)CC[C@@H]2C)nc1-c1cn(-c2ccccc2)c2cc(Br)ccc12.O=S=O.O=S=O. The summed E-state index contributed by atoms with van der Waals surface area (Å²) in [6.45, 7) is 22.2. The van der Waals surface area contributed by atoms with Gasteiger partial charge in [0.05, 0.1) is 22.4 Å². The largest absolute Gasteiger partial charge is 0.444 e. The molecule has 4 aromatic heterocycles. The molecule has 4 aromatic carbocycles. The van der Waals surface area contributed by atoms with Gasteiger partial charge < -0.3 is 39.5 Å². The van der Waals surface area contributed by atoms with Gasteiger partial charge in [0, 0.05) is 105 Å². The fraction of sp³-hybridized carbons (Fsp3) is 0.367. The highest BCUT2D eigenvalue weighted by Gasteiger charge is 2.33. The van der Waals surface area contributed by atoms with Gasteiger partial charge in [-0.3, -0.25) is 0 Å². The molecule has 0 unspecified atom stereocenters. The van der Waals surface area contributed by atoms with E-state index in [9.17, 15) is 9.59 Å². The smallest absolute Gasteiger partial charge is 0.410 e. The number of likely N-dealkylation sites (tertiary alicyclic amines) is 2. The van der Waals surface area contributed by atoms with Crippen molar-refractivity contribution in [2.45, 2.75) is 105 Å². The van der Waals surface area contributed by atoms with E-state index in [0.717, 1.165) is 95.2 Å². The Morgan fingerprint density at radius 3 is 1.51 bits per heavy atom. The molecule has 440 valence electrons. The van der Waals surface area contributed by atoms with E-state index < -0.39 is 34.3 Å². The molecule has 0 bridgehead atoms. The molecule has 3 N–H and O–H groups in total. The van der Waals surface area contributed by atoms with Gasteiger partial charge in [0.25, 0.3) is 0 Å². The number of nitrogens with zero attached hydrogens (tertiary/aromatic N) is 8. The number of fused-ring (bicyclic) bond motifs is 2. The number of para-hydroxylation sites is 2. The van der Waals surface area contributed by atoms with Crippen molar-refractivity contribution in [1.82, 2.24) is 38.9 Å². The van der Waals surface area contributed by atoms with Crippen LogP contribution in [-0.4, -0.2) is 117 Å². The summed E-state index contributed by atoms with van der Waals surface area (Å²) in [4.78, 5) is 46.0. The van der Waals surface area contributed by atoms with Gasteiger partial charge in [-0.2, -0.15) is 16.8 Å². The molecule has 0 aliphatic carbocycles. The second kappa shape index (κ2) is 29.7. The Morgan fingerprint density at radius 2 is 1.06 bits per heavy atom. The summed E-state index contributed by atoms with van der Waals surface area (Å²) in [5.41, 5.74) is 15.2. The Bertz CT molecular complexity index is 3580. The summed E-state index contributed by atoms with van der Waals surface area (Å²) in [5, 5.41) is 6.03. The third-order valence-corrected chi connectivity index (χ3v) is 14.8. The average molecular weight is 1320 g/mol. The normalized spacial score (nSPS) is 16.7. The Morgan fingerprint density at radius 1 is 0.639 bits per heavy atom. The molecule has 2 aliphatic heterocycles. The standard InChI is InChI=1S/C30H34BrN5O2.C19H13BrClN3.C11H22N2O2.2O2S/c1-19-13-14-35(29(37)38-30(3,4)5)18-25(19)33-28-32-16-20(2)27(34-28)24-17-36(22-9-7-6-8-10-22)26-15-21(31)11-12-23(24)26;1-12-10-22-19(21)23-18(12)16-11-24(14-5-3-2-4-6-14)17-9-13(20)7-8-15(16)17;1-8-5-6-13(7-9(8)12)10(14)15-11(2,3)4;2*1-3-2/h6-12,15-17,19,25H,13-14,18H2,1-5H3,(H,32,33,34);2-11H,1H3;8-9H,5-7,12H2,1-4H3;;/t19-,25+;;8-,9+;;/m0.0../s1. The van der Waals surface area contributed by atoms with Crippen molar-refractivity contribution in [2.75, 3.05) is 31.5 Å². The van der Waals surface area contributed by atoms with Crippen LogP contribution in [0.1, 0.15) is 79.4 Å². The summed E-state index contributed by atoms with van der Waals surface area (Å²) in [7, 11) is 0. The molecule has 2 saturated heterocycles. The van der Waals surface area contributed by atoms with Crippen LogP contribution >= 0.6 is 43.5 Å². The van der Waals surface area contributed by atoms with Crippen LogP contribution in [0.4, 0.5) is 15.5 Å². The van der Waals surface area contributed by atoms with Gasteiger partial charge in [-0.05, 0) is 151 Å². The minimum absolute atomic E-state index is 0.0217. The summed E-state index contributed by atoms with van der Waals surface area (Å²) in [6.07, 6.45) is 9.21. The van der Waals surface area contributed by atoms with E-state index in [-0.39, 0.29) is 29.6 Å². The Kier molecular flexibility index (Phi) is 23.4. The molecule has 4 atom stereocenters. The predicted molar refractivity (Wildman–Crippen MR) is 335 cm³/mol. The molecule has 0 saturated carbocycles. The zero-order valence-corrected chi connectivity index (χ0v) is 53.5. The topological polar surface area (TPSA) is 227 Å². The van der Waals surface area contributed by atoms with E-state index in [1.54, 1.807) is 16.0 Å². The zero-order valence-electron chi connectivity index (χ0n) is 48.0. The van der Waals surface area contributed by atoms with E-state index in [1.165, 1.54) is 0 Å². The molecule has 83 heavy (non-hydrogen) atoms. The first kappa shape index (κ1) is 65.5. The number of rotatable bonds is 6. The number of ether oxygens (including phenoxy) is 2. The first-order valence-electron chi connectivity index (χ1n) is 26.7. The zero-order chi connectivity index (χ0) is 60.8. The fourth-order valence-corrected chi connectivity index (χ4v) is 10.2. The summed E-state index contributed by atoms with van der Waals surface area (Å²) in [5.74, 6) is 1.41. The van der Waals surface area contributed by atoms with E-state index in [2.05, 4.69) is 142 Å². The number of hydrogen-bond acceptors (Lipinski definition) is 14. The van der Waals surface area contributed by atoms with Crippen LogP contribution in [0.3, 0.4) is 0 Å². The van der Waals surface area contributed by atoms with Crippen molar-refractivity contribution < 1.29 is 35.9 Å². The second-order valence-electron chi connectivity index (χ2n) is 22.2. The molecule has 2 amide bonds. The number of piperidine rings is 2. The molecule has 0 spiro atoms. The Labute approximate surface area is 513 Å². The molecule has 10 rings (SSSR count). The van der Waals surface area contributed by atoms with E-state index in [1.807, 2.05) is 104 Å². The van der Waals surface area contributed by atoms with Crippen LogP contribution in [0.5, 0.6) is 0 Å². The number of carbonyl (C=O) groups is 2. The lowest BCUT2D eigenvalue weighted by Crippen LogP contribution is -2.50. The molecule has 0 radical (unpaired) electrons. The van der Waals surface area contributed by atoms with Gasteiger partial charge in [-0.15, -0.1) is 0 Å². The minimum atomic E-state index is -0.750. The number of nitrogens with one attached hydrogen (secondary N) is 1. The number of halogens is 3. The van der Waals surface area contributed by atoms with Crippen molar-refractivity contribution in [2.24, 2.45) is 17.6 Å². The first-order valence-corrected chi connectivity index (χ1v) is 30.0. The van der Waals surface area contributed by atoms with Crippen LogP contribution in [0.2, 0.25) is 5.28 Å². The van der Waals surface area contributed by atoms with Gasteiger partial charge in [0.1, 0.15) is 11.2 Å². The highest BCUT2D eigenvalue weighted by Crippen LogP contribution is 2.37. The Balaban J connectivity index is 0.000000209. The quantitative estimate of drug-likeness (QED) is 0.148. The highest BCUT2D eigenvalue weighted by atomic mass is 79.9.